The van der Waals surface area contributed by atoms with Crippen molar-refractivity contribution in [3.8, 4) is 6.07 Å². The Morgan fingerprint density at radius 3 is 2.82 bits per heavy atom. The number of hydrogen-bond donors (Lipinski definition) is 1. The molecule has 1 N–H and O–H groups in total. The van der Waals surface area contributed by atoms with Gasteiger partial charge in [0.15, 0.2) is 11.6 Å². The molecule has 0 saturated heterocycles. The van der Waals surface area contributed by atoms with Crippen molar-refractivity contribution in [3.05, 3.63) is 35.5 Å². The first kappa shape index (κ1) is 11.3. The number of nitrogens with zero attached hydrogens (tertiary/aromatic N) is 2. The van der Waals surface area contributed by atoms with E-state index in [-0.39, 0.29) is 5.52 Å². The third-order valence-corrected chi connectivity index (χ3v) is 2.40. The zero-order valence-corrected chi connectivity index (χ0v) is 9.09. The van der Waals surface area contributed by atoms with Gasteiger partial charge in [0.2, 0.25) is 0 Å². The average molecular weight is 233 g/mol. The summed E-state index contributed by atoms with van der Waals surface area (Å²) in [6.45, 7) is 2.43. The van der Waals surface area contributed by atoms with E-state index in [4.69, 9.17) is 5.26 Å². The van der Waals surface area contributed by atoms with Gasteiger partial charge in [0, 0.05) is 18.1 Å². The predicted molar refractivity (Wildman–Crippen MR) is 60.5 cm³/mol. The van der Waals surface area contributed by atoms with Crippen molar-refractivity contribution >= 4 is 16.6 Å². The number of nitriles is 1. The quantitative estimate of drug-likeness (QED) is 0.867. The maximum atomic E-state index is 13.5. The monoisotopic (exact) mass is 233 g/mol. The van der Waals surface area contributed by atoms with Crippen molar-refractivity contribution in [3.63, 3.8) is 0 Å². The summed E-state index contributed by atoms with van der Waals surface area (Å²) in [7, 11) is 0. The summed E-state index contributed by atoms with van der Waals surface area (Å²) in [5.74, 6) is -1.94. The van der Waals surface area contributed by atoms with E-state index in [1.54, 1.807) is 0 Å². The molecule has 86 valence electrons. The van der Waals surface area contributed by atoms with Crippen LogP contribution in [0, 0.1) is 23.0 Å². The minimum absolute atomic E-state index is 0.0695. The SMILES string of the molecule is CCNc1c(C#N)cnc2c(F)c(F)ccc12. The van der Waals surface area contributed by atoms with E-state index in [2.05, 4.69) is 10.3 Å². The van der Waals surface area contributed by atoms with Gasteiger partial charge in [-0.1, -0.05) is 0 Å². The molecule has 1 heterocycles. The molecule has 0 radical (unpaired) electrons. The van der Waals surface area contributed by atoms with Gasteiger partial charge >= 0.3 is 0 Å². The highest BCUT2D eigenvalue weighted by Crippen LogP contribution is 2.28. The van der Waals surface area contributed by atoms with E-state index in [1.807, 2.05) is 13.0 Å². The lowest BCUT2D eigenvalue weighted by atomic mass is 10.1. The topological polar surface area (TPSA) is 48.7 Å². The van der Waals surface area contributed by atoms with Crippen molar-refractivity contribution in [1.29, 1.82) is 5.26 Å². The Morgan fingerprint density at radius 2 is 2.18 bits per heavy atom. The fourth-order valence-corrected chi connectivity index (χ4v) is 1.66. The van der Waals surface area contributed by atoms with E-state index in [1.165, 1.54) is 12.3 Å². The smallest absolute Gasteiger partial charge is 0.185 e. The summed E-state index contributed by atoms with van der Waals surface area (Å²) in [6.07, 6.45) is 1.24. The van der Waals surface area contributed by atoms with Crippen molar-refractivity contribution in [2.75, 3.05) is 11.9 Å². The summed E-state index contributed by atoms with van der Waals surface area (Å²) in [5.41, 5.74) is 0.726. The molecule has 0 spiro atoms. The zero-order chi connectivity index (χ0) is 12.4. The highest BCUT2D eigenvalue weighted by atomic mass is 19.2. The number of fused-ring (bicyclic) bond motifs is 1. The Balaban J connectivity index is 2.82. The maximum Gasteiger partial charge on any atom is 0.185 e. The number of halogens is 2. The molecule has 0 amide bonds. The van der Waals surface area contributed by atoms with Crippen molar-refractivity contribution in [2.45, 2.75) is 6.92 Å². The van der Waals surface area contributed by atoms with Crippen LogP contribution in [0.15, 0.2) is 18.3 Å². The van der Waals surface area contributed by atoms with Crippen LogP contribution in [0.25, 0.3) is 10.9 Å². The van der Waals surface area contributed by atoms with Crippen LogP contribution >= 0.6 is 0 Å². The fraction of sp³-hybridized carbons (Fsp3) is 0.167. The highest BCUT2D eigenvalue weighted by molar-refractivity contribution is 5.94. The highest BCUT2D eigenvalue weighted by Gasteiger charge is 2.13. The molecule has 0 atom stereocenters. The molecule has 2 aromatic rings. The minimum atomic E-state index is -0.994. The number of nitrogens with one attached hydrogen (secondary N) is 1. The average Bonchev–Trinajstić information content (AvgIpc) is 2.34. The summed E-state index contributed by atoms with van der Waals surface area (Å²) < 4.78 is 26.6. The summed E-state index contributed by atoms with van der Waals surface area (Å²) in [5, 5.41) is 12.3. The van der Waals surface area contributed by atoms with Crippen LogP contribution in [0.2, 0.25) is 0 Å². The predicted octanol–water partition coefficient (Wildman–Crippen LogP) is 2.82. The number of pyridine rings is 1. The first-order chi connectivity index (χ1) is 8.19. The Morgan fingerprint density at radius 1 is 1.41 bits per heavy atom. The maximum absolute atomic E-state index is 13.5. The number of aromatic nitrogens is 1. The van der Waals surface area contributed by atoms with E-state index in [0.717, 1.165) is 6.07 Å². The lowest BCUT2D eigenvalue weighted by Crippen LogP contribution is -2.02. The molecule has 1 aromatic carbocycles. The van der Waals surface area contributed by atoms with E-state index in [9.17, 15) is 8.78 Å². The van der Waals surface area contributed by atoms with Crippen LogP contribution in [-0.2, 0) is 0 Å². The van der Waals surface area contributed by atoms with Crippen LogP contribution in [0.5, 0.6) is 0 Å². The van der Waals surface area contributed by atoms with Gasteiger partial charge in [0.25, 0.3) is 0 Å². The van der Waals surface area contributed by atoms with Crippen molar-refractivity contribution in [1.82, 2.24) is 4.98 Å². The molecule has 0 aliphatic carbocycles. The molecular weight excluding hydrogens is 224 g/mol. The normalized spacial score (nSPS) is 10.2. The van der Waals surface area contributed by atoms with Crippen LogP contribution in [-0.4, -0.2) is 11.5 Å². The molecule has 0 unspecified atom stereocenters. The number of rotatable bonds is 2. The van der Waals surface area contributed by atoms with E-state index < -0.39 is 11.6 Å². The molecule has 17 heavy (non-hydrogen) atoms. The molecule has 5 heteroatoms. The molecule has 0 aliphatic heterocycles. The van der Waals surface area contributed by atoms with Gasteiger partial charge in [0.1, 0.15) is 11.6 Å². The van der Waals surface area contributed by atoms with Gasteiger partial charge in [-0.3, -0.25) is 4.98 Å². The summed E-state index contributed by atoms with van der Waals surface area (Å²) in [6, 6.07) is 4.41. The lowest BCUT2D eigenvalue weighted by Gasteiger charge is -2.09. The van der Waals surface area contributed by atoms with Crippen LogP contribution in [0.3, 0.4) is 0 Å². The second kappa shape index (κ2) is 4.34. The van der Waals surface area contributed by atoms with Gasteiger partial charge in [-0.2, -0.15) is 5.26 Å². The number of anilines is 1. The molecule has 2 rings (SSSR count). The third-order valence-electron chi connectivity index (χ3n) is 2.40. The van der Waals surface area contributed by atoms with Crippen molar-refractivity contribution < 1.29 is 8.78 Å². The molecule has 0 bridgehead atoms. The molecule has 1 aromatic heterocycles. The first-order valence-corrected chi connectivity index (χ1v) is 5.09. The minimum Gasteiger partial charge on any atom is -0.384 e. The fourth-order valence-electron chi connectivity index (χ4n) is 1.66. The number of benzene rings is 1. The van der Waals surface area contributed by atoms with Gasteiger partial charge in [-0.25, -0.2) is 8.78 Å². The molecule has 0 fully saturated rings. The lowest BCUT2D eigenvalue weighted by molar-refractivity contribution is 0.515. The summed E-state index contributed by atoms with van der Waals surface area (Å²) >= 11 is 0. The van der Waals surface area contributed by atoms with Crippen molar-refractivity contribution in [2.24, 2.45) is 0 Å². The van der Waals surface area contributed by atoms with Crippen LogP contribution < -0.4 is 5.32 Å². The first-order valence-electron chi connectivity index (χ1n) is 5.09. The van der Waals surface area contributed by atoms with Crippen LogP contribution in [0.4, 0.5) is 14.5 Å². The van der Waals surface area contributed by atoms with Gasteiger partial charge in [0.05, 0.1) is 11.3 Å². The summed E-state index contributed by atoms with van der Waals surface area (Å²) in [4.78, 5) is 3.78. The molecular formula is C12H9F2N3. The largest absolute Gasteiger partial charge is 0.384 e. The Hall–Kier alpha value is -2.22. The van der Waals surface area contributed by atoms with Crippen LogP contribution in [0.1, 0.15) is 12.5 Å². The Bertz CT molecular complexity index is 617. The standard InChI is InChI=1S/C12H9F2N3/c1-2-16-11-7(5-15)6-17-12-8(11)3-4-9(13)10(12)14/h3-4,6H,2H2,1H3,(H,16,17). The van der Waals surface area contributed by atoms with E-state index >= 15 is 0 Å². The molecule has 0 aliphatic rings. The zero-order valence-electron chi connectivity index (χ0n) is 9.09. The Labute approximate surface area is 96.7 Å². The second-order valence-corrected chi connectivity index (χ2v) is 3.45. The van der Waals surface area contributed by atoms with E-state index in [0.29, 0.717) is 23.2 Å². The molecule has 0 saturated carbocycles. The molecule has 3 nitrogen and oxygen atoms in total. The van der Waals surface area contributed by atoms with Gasteiger partial charge in [-0.15, -0.1) is 0 Å². The second-order valence-electron chi connectivity index (χ2n) is 3.45. The Kier molecular flexibility index (Phi) is 2.88. The van der Waals surface area contributed by atoms with Gasteiger partial charge in [-0.05, 0) is 19.1 Å². The van der Waals surface area contributed by atoms with Gasteiger partial charge < -0.3 is 5.32 Å². The third kappa shape index (κ3) is 1.78. The number of hydrogen-bond acceptors (Lipinski definition) is 3.